The Morgan fingerprint density at radius 2 is 2.47 bits per heavy atom. The fourth-order valence-corrected chi connectivity index (χ4v) is 2.83. The summed E-state index contributed by atoms with van der Waals surface area (Å²) >= 11 is 1.26. The normalized spacial score (nSPS) is 23.1. The number of likely N-dealkylation sites (tertiary alicyclic amines) is 1. The fraction of sp³-hybridized carbons (Fsp3) is 0.583. The van der Waals surface area contributed by atoms with Gasteiger partial charge in [0.05, 0.1) is 6.07 Å². The Bertz CT molecular complexity index is 447. The van der Waals surface area contributed by atoms with E-state index in [1.807, 2.05) is 13.8 Å². The Morgan fingerprint density at radius 3 is 3.06 bits per heavy atom. The molecule has 1 amide bonds. The zero-order valence-electron chi connectivity index (χ0n) is 10.0. The van der Waals surface area contributed by atoms with Gasteiger partial charge in [0.15, 0.2) is 0 Å². The van der Waals surface area contributed by atoms with E-state index < -0.39 is 0 Å². The lowest BCUT2D eigenvalue weighted by atomic mass is 9.77. The van der Waals surface area contributed by atoms with Crippen molar-refractivity contribution >= 4 is 17.4 Å². The van der Waals surface area contributed by atoms with Crippen molar-refractivity contribution in [2.45, 2.75) is 32.7 Å². The predicted octanol–water partition coefficient (Wildman–Crippen LogP) is 2.30. The number of rotatable bonds is 1. The van der Waals surface area contributed by atoms with Crippen LogP contribution >= 0.6 is 11.5 Å². The number of nitriles is 1. The first-order valence-corrected chi connectivity index (χ1v) is 6.51. The summed E-state index contributed by atoms with van der Waals surface area (Å²) in [7, 11) is 0. The van der Waals surface area contributed by atoms with Crippen LogP contribution in [0.25, 0.3) is 0 Å². The van der Waals surface area contributed by atoms with E-state index in [1.54, 1.807) is 16.3 Å². The van der Waals surface area contributed by atoms with Crippen LogP contribution in [0.2, 0.25) is 0 Å². The quantitative estimate of drug-likeness (QED) is 0.767. The van der Waals surface area contributed by atoms with Crippen molar-refractivity contribution in [3.8, 4) is 6.07 Å². The molecule has 90 valence electrons. The second-order valence-electron chi connectivity index (χ2n) is 5.01. The summed E-state index contributed by atoms with van der Waals surface area (Å²) in [6, 6.07) is 3.62. The summed E-state index contributed by atoms with van der Waals surface area (Å²) in [6.07, 6.45) is 1.92. The maximum atomic E-state index is 12.2. The van der Waals surface area contributed by atoms with Gasteiger partial charge >= 0.3 is 0 Å². The third-order valence-corrected chi connectivity index (χ3v) is 3.87. The van der Waals surface area contributed by atoms with Gasteiger partial charge in [0.25, 0.3) is 5.91 Å². The van der Waals surface area contributed by atoms with Crippen LogP contribution in [-0.4, -0.2) is 27.8 Å². The monoisotopic (exact) mass is 249 g/mol. The molecule has 0 saturated carbocycles. The molecule has 1 atom stereocenters. The fourth-order valence-electron chi connectivity index (χ4n) is 2.33. The minimum atomic E-state index is -0.356. The van der Waals surface area contributed by atoms with Crippen LogP contribution in [0.4, 0.5) is 0 Å². The van der Waals surface area contributed by atoms with Crippen molar-refractivity contribution in [1.82, 2.24) is 9.27 Å². The van der Waals surface area contributed by atoms with Crippen LogP contribution < -0.4 is 0 Å². The van der Waals surface area contributed by atoms with E-state index in [-0.39, 0.29) is 17.4 Å². The molecule has 2 rings (SSSR count). The minimum absolute atomic E-state index is 0.120. The highest BCUT2D eigenvalue weighted by Gasteiger charge is 2.40. The summed E-state index contributed by atoms with van der Waals surface area (Å²) in [5.74, 6) is -0.120. The first-order valence-electron chi connectivity index (χ1n) is 5.67. The molecule has 0 unspecified atom stereocenters. The minimum Gasteiger partial charge on any atom is -0.321 e. The number of hydrogen-bond acceptors (Lipinski definition) is 4. The van der Waals surface area contributed by atoms with Gasteiger partial charge in [-0.15, -0.1) is 0 Å². The Morgan fingerprint density at radius 1 is 1.71 bits per heavy atom. The molecule has 1 aliphatic rings. The van der Waals surface area contributed by atoms with Crippen molar-refractivity contribution < 1.29 is 4.79 Å². The first-order chi connectivity index (χ1) is 8.06. The molecule has 0 aromatic carbocycles. The predicted molar refractivity (Wildman–Crippen MR) is 65.6 cm³/mol. The van der Waals surface area contributed by atoms with Gasteiger partial charge < -0.3 is 4.90 Å². The first kappa shape index (κ1) is 12.1. The van der Waals surface area contributed by atoms with E-state index >= 15 is 0 Å². The van der Waals surface area contributed by atoms with E-state index in [4.69, 9.17) is 0 Å². The summed E-state index contributed by atoms with van der Waals surface area (Å²) < 4.78 is 4.05. The highest BCUT2D eigenvalue weighted by Crippen LogP contribution is 2.35. The lowest BCUT2D eigenvalue weighted by Crippen LogP contribution is -2.51. The number of hydrogen-bond donors (Lipinski definition) is 0. The van der Waals surface area contributed by atoms with Gasteiger partial charge in [-0.05, 0) is 35.9 Å². The molecule has 17 heavy (non-hydrogen) atoms. The van der Waals surface area contributed by atoms with Gasteiger partial charge in [0.2, 0.25) is 0 Å². The summed E-state index contributed by atoms with van der Waals surface area (Å²) in [4.78, 5) is 13.9. The highest BCUT2D eigenvalue weighted by atomic mass is 32.1. The molecule has 0 radical (unpaired) electrons. The molecule has 0 N–H and O–H groups in total. The van der Waals surface area contributed by atoms with Gasteiger partial charge in [-0.25, -0.2) is 0 Å². The summed E-state index contributed by atoms with van der Waals surface area (Å²) in [6.45, 7) is 4.74. The van der Waals surface area contributed by atoms with Gasteiger partial charge in [-0.3, -0.25) is 4.79 Å². The SMILES string of the molecule is CC1(C)CCCN(C(=O)c2ccsn2)[C@H]1C#N. The largest absolute Gasteiger partial charge is 0.321 e. The molecule has 1 fully saturated rings. The van der Waals surface area contributed by atoms with Gasteiger partial charge in [0, 0.05) is 11.9 Å². The van der Waals surface area contributed by atoms with E-state index in [9.17, 15) is 10.1 Å². The third kappa shape index (κ3) is 2.18. The Hall–Kier alpha value is -1.41. The molecule has 0 spiro atoms. The molecule has 0 bridgehead atoms. The van der Waals surface area contributed by atoms with Crippen molar-refractivity contribution in [3.05, 3.63) is 17.1 Å². The topological polar surface area (TPSA) is 57.0 Å². The highest BCUT2D eigenvalue weighted by molar-refractivity contribution is 7.03. The lowest BCUT2D eigenvalue weighted by Gasteiger charge is -2.42. The molecule has 5 heteroatoms. The van der Waals surface area contributed by atoms with Crippen LogP contribution in [-0.2, 0) is 0 Å². The molecule has 2 heterocycles. The average Bonchev–Trinajstić information content (AvgIpc) is 2.80. The van der Waals surface area contributed by atoms with Crippen molar-refractivity contribution in [3.63, 3.8) is 0 Å². The summed E-state index contributed by atoms with van der Waals surface area (Å²) in [5.41, 5.74) is 0.312. The average molecular weight is 249 g/mol. The second-order valence-corrected chi connectivity index (χ2v) is 5.67. The van der Waals surface area contributed by atoms with Crippen LogP contribution in [0.1, 0.15) is 37.2 Å². The molecule has 0 aliphatic carbocycles. The Balaban J connectivity index is 2.26. The van der Waals surface area contributed by atoms with E-state index in [1.165, 1.54) is 11.5 Å². The second kappa shape index (κ2) is 4.46. The number of amides is 1. The maximum absolute atomic E-state index is 12.2. The smallest absolute Gasteiger partial charge is 0.274 e. The number of carbonyl (C=O) groups excluding carboxylic acids is 1. The summed E-state index contributed by atoms with van der Waals surface area (Å²) in [5, 5.41) is 11.1. The number of nitrogens with zero attached hydrogens (tertiary/aromatic N) is 3. The lowest BCUT2D eigenvalue weighted by molar-refractivity contribution is 0.0433. The molecule has 4 nitrogen and oxygen atoms in total. The molecule has 1 saturated heterocycles. The maximum Gasteiger partial charge on any atom is 0.274 e. The third-order valence-electron chi connectivity index (χ3n) is 3.31. The zero-order valence-corrected chi connectivity index (χ0v) is 10.8. The van der Waals surface area contributed by atoms with Gasteiger partial charge in [-0.1, -0.05) is 13.8 Å². The Labute approximate surface area is 105 Å². The van der Waals surface area contributed by atoms with Crippen molar-refractivity contribution in [2.75, 3.05) is 6.54 Å². The molecule has 1 aromatic rings. The number of carbonyl (C=O) groups is 1. The molecule has 1 aromatic heterocycles. The number of aromatic nitrogens is 1. The van der Waals surface area contributed by atoms with Crippen molar-refractivity contribution in [2.24, 2.45) is 5.41 Å². The Kier molecular flexibility index (Phi) is 3.16. The van der Waals surface area contributed by atoms with E-state index in [0.29, 0.717) is 12.2 Å². The van der Waals surface area contributed by atoms with Gasteiger partial charge in [-0.2, -0.15) is 9.64 Å². The van der Waals surface area contributed by atoms with Crippen LogP contribution in [0, 0.1) is 16.7 Å². The van der Waals surface area contributed by atoms with E-state index in [0.717, 1.165) is 12.8 Å². The van der Waals surface area contributed by atoms with Crippen molar-refractivity contribution in [1.29, 1.82) is 5.26 Å². The number of piperidine rings is 1. The molecule has 1 aliphatic heterocycles. The zero-order chi connectivity index (χ0) is 12.5. The standard InChI is InChI=1S/C12H15N3OS/c1-12(2)5-3-6-15(10(12)8-13)11(16)9-4-7-17-14-9/h4,7,10H,3,5-6H2,1-2H3/t10-/m0/s1. The van der Waals surface area contributed by atoms with Crippen LogP contribution in [0.3, 0.4) is 0 Å². The van der Waals surface area contributed by atoms with Crippen LogP contribution in [0.5, 0.6) is 0 Å². The molecular formula is C12H15N3OS. The van der Waals surface area contributed by atoms with Crippen LogP contribution in [0.15, 0.2) is 11.4 Å². The molecular weight excluding hydrogens is 234 g/mol. The van der Waals surface area contributed by atoms with Gasteiger partial charge in [0.1, 0.15) is 11.7 Å². The van der Waals surface area contributed by atoms with E-state index in [2.05, 4.69) is 10.4 Å².